The maximum absolute atomic E-state index is 9.57. The second kappa shape index (κ2) is 7.50. The summed E-state index contributed by atoms with van der Waals surface area (Å²) in [5.41, 5.74) is 0.839. The molecule has 0 unspecified atom stereocenters. The first-order chi connectivity index (χ1) is 9.70. The molecule has 0 bridgehead atoms. The van der Waals surface area contributed by atoms with Gasteiger partial charge in [0, 0.05) is 6.54 Å². The maximum atomic E-state index is 9.57. The van der Waals surface area contributed by atoms with Crippen molar-refractivity contribution in [3.63, 3.8) is 0 Å². The predicted molar refractivity (Wildman–Crippen MR) is 79.4 cm³/mol. The first-order valence-electron chi connectivity index (χ1n) is 7.42. The molecule has 1 saturated heterocycles. The Bertz CT molecular complexity index is 414. The highest BCUT2D eigenvalue weighted by molar-refractivity contribution is 5.43. The molecule has 112 valence electrons. The summed E-state index contributed by atoms with van der Waals surface area (Å²) < 4.78 is 11.1. The van der Waals surface area contributed by atoms with Crippen molar-refractivity contribution in [1.29, 1.82) is 0 Å². The first-order valence-corrected chi connectivity index (χ1v) is 7.42. The van der Waals surface area contributed by atoms with Crippen molar-refractivity contribution < 1.29 is 14.6 Å². The van der Waals surface area contributed by atoms with Gasteiger partial charge in [-0.1, -0.05) is 6.07 Å². The molecule has 2 rings (SSSR count). The van der Waals surface area contributed by atoms with E-state index in [1.54, 1.807) is 14.0 Å². The van der Waals surface area contributed by atoms with Crippen molar-refractivity contribution in [2.75, 3.05) is 33.4 Å². The molecule has 1 fully saturated rings. The maximum Gasteiger partial charge on any atom is 0.161 e. The van der Waals surface area contributed by atoms with Crippen molar-refractivity contribution >= 4 is 0 Å². The monoisotopic (exact) mass is 279 g/mol. The molecule has 0 aliphatic carbocycles. The topological polar surface area (TPSA) is 41.9 Å². The average Bonchev–Trinajstić information content (AvgIpc) is 2.96. The van der Waals surface area contributed by atoms with Crippen LogP contribution in [0.4, 0.5) is 0 Å². The van der Waals surface area contributed by atoms with Crippen molar-refractivity contribution in [2.24, 2.45) is 0 Å². The molecule has 0 amide bonds. The normalized spacial score (nSPS) is 17.1. The summed E-state index contributed by atoms with van der Waals surface area (Å²) in [5.74, 6) is 1.43. The van der Waals surface area contributed by atoms with Crippen LogP contribution in [0.2, 0.25) is 0 Å². The molecule has 0 radical (unpaired) electrons. The highest BCUT2D eigenvalue weighted by Crippen LogP contribution is 2.30. The zero-order chi connectivity index (χ0) is 14.4. The minimum atomic E-state index is -0.492. The molecule has 1 heterocycles. The van der Waals surface area contributed by atoms with Gasteiger partial charge >= 0.3 is 0 Å². The Labute approximate surface area is 121 Å². The van der Waals surface area contributed by atoms with Crippen LogP contribution in [-0.2, 0) is 0 Å². The van der Waals surface area contributed by atoms with Crippen LogP contribution in [0.25, 0.3) is 0 Å². The van der Waals surface area contributed by atoms with Gasteiger partial charge in [0.2, 0.25) is 0 Å². The largest absolute Gasteiger partial charge is 0.493 e. The van der Waals surface area contributed by atoms with Crippen molar-refractivity contribution in [3.8, 4) is 11.5 Å². The standard InChI is InChI=1S/C16H25NO3/c1-13(18)14-6-7-15(16(12-14)19-2)20-11-5-10-17-8-3-4-9-17/h6-7,12-13,18H,3-5,8-11H2,1-2H3/t13-/m0/s1. The zero-order valence-electron chi connectivity index (χ0n) is 12.5. The van der Waals surface area contributed by atoms with Crippen LogP contribution in [0.1, 0.15) is 37.9 Å². The highest BCUT2D eigenvalue weighted by Gasteiger charge is 2.11. The number of benzene rings is 1. The lowest BCUT2D eigenvalue weighted by Gasteiger charge is -2.16. The molecule has 1 aliphatic rings. The predicted octanol–water partition coefficient (Wildman–Crippen LogP) is 2.61. The number of methoxy groups -OCH3 is 1. The number of ether oxygens (including phenoxy) is 2. The van der Waals surface area contributed by atoms with Gasteiger partial charge in [0.25, 0.3) is 0 Å². The van der Waals surface area contributed by atoms with Crippen LogP contribution >= 0.6 is 0 Å². The summed E-state index contributed by atoms with van der Waals surface area (Å²) in [6.07, 6.45) is 3.19. The Morgan fingerprint density at radius 2 is 2.00 bits per heavy atom. The van der Waals surface area contributed by atoms with Gasteiger partial charge in [0.05, 0.1) is 19.8 Å². The van der Waals surface area contributed by atoms with Gasteiger partial charge in [-0.05, 0) is 57.0 Å². The van der Waals surface area contributed by atoms with Gasteiger partial charge in [0.15, 0.2) is 11.5 Å². The minimum Gasteiger partial charge on any atom is -0.493 e. The Hall–Kier alpha value is -1.26. The molecule has 20 heavy (non-hydrogen) atoms. The number of aliphatic hydroxyl groups excluding tert-OH is 1. The van der Waals surface area contributed by atoms with Crippen LogP contribution in [0, 0.1) is 0 Å². The summed E-state index contributed by atoms with van der Waals surface area (Å²) in [7, 11) is 1.62. The number of likely N-dealkylation sites (tertiary alicyclic amines) is 1. The highest BCUT2D eigenvalue weighted by atomic mass is 16.5. The fourth-order valence-electron chi connectivity index (χ4n) is 2.54. The van der Waals surface area contributed by atoms with Crippen LogP contribution < -0.4 is 9.47 Å². The van der Waals surface area contributed by atoms with Gasteiger partial charge in [-0.25, -0.2) is 0 Å². The van der Waals surface area contributed by atoms with Gasteiger partial charge in [-0.2, -0.15) is 0 Å². The van der Waals surface area contributed by atoms with Gasteiger partial charge in [0.1, 0.15) is 0 Å². The fraction of sp³-hybridized carbons (Fsp3) is 0.625. The van der Waals surface area contributed by atoms with E-state index in [9.17, 15) is 5.11 Å². The van der Waals surface area contributed by atoms with Crippen LogP contribution in [0.3, 0.4) is 0 Å². The SMILES string of the molecule is COc1cc([C@H](C)O)ccc1OCCCN1CCCC1. The number of nitrogens with zero attached hydrogens (tertiary/aromatic N) is 1. The molecule has 1 N–H and O–H groups in total. The summed E-state index contributed by atoms with van der Waals surface area (Å²) in [6, 6.07) is 5.58. The summed E-state index contributed by atoms with van der Waals surface area (Å²) in [6.45, 7) is 6.00. The molecule has 1 aromatic rings. The minimum absolute atomic E-state index is 0.492. The third kappa shape index (κ3) is 4.12. The van der Waals surface area contributed by atoms with Crippen LogP contribution in [0.5, 0.6) is 11.5 Å². The smallest absolute Gasteiger partial charge is 0.161 e. The Morgan fingerprint density at radius 1 is 1.25 bits per heavy atom. The van der Waals surface area contributed by atoms with E-state index in [1.807, 2.05) is 18.2 Å². The molecule has 0 aromatic heterocycles. The van der Waals surface area contributed by atoms with Crippen molar-refractivity contribution in [1.82, 2.24) is 4.90 Å². The summed E-state index contributed by atoms with van der Waals surface area (Å²) >= 11 is 0. The van der Waals surface area contributed by atoms with Crippen LogP contribution in [-0.4, -0.2) is 43.4 Å². The molecule has 0 spiro atoms. The second-order valence-electron chi connectivity index (χ2n) is 5.34. The molecule has 0 saturated carbocycles. The lowest BCUT2D eigenvalue weighted by atomic mass is 10.1. The van der Waals surface area contributed by atoms with Crippen LogP contribution in [0.15, 0.2) is 18.2 Å². The van der Waals surface area contributed by atoms with E-state index >= 15 is 0 Å². The molecule has 4 heteroatoms. The number of aliphatic hydroxyl groups is 1. The van der Waals surface area contributed by atoms with E-state index in [4.69, 9.17) is 9.47 Å². The van der Waals surface area contributed by atoms with E-state index in [0.29, 0.717) is 12.4 Å². The summed E-state index contributed by atoms with van der Waals surface area (Å²) in [5, 5.41) is 9.57. The van der Waals surface area contributed by atoms with E-state index in [1.165, 1.54) is 25.9 Å². The molecule has 1 aliphatic heterocycles. The first kappa shape index (κ1) is 15.1. The quantitative estimate of drug-likeness (QED) is 0.779. The van der Waals surface area contributed by atoms with E-state index in [-0.39, 0.29) is 0 Å². The number of hydrogen-bond donors (Lipinski definition) is 1. The Balaban J connectivity index is 1.82. The molecule has 1 aromatic carbocycles. The molecule has 1 atom stereocenters. The zero-order valence-corrected chi connectivity index (χ0v) is 12.5. The Kier molecular flexibility index (Phi) is 5.68. The van der Waals surface area contributed by atoms with E-state index in [2.05, 4.69) is 4.90 Å². The van der Waals surface area contributed by atoms with Gasteiger partial charge in [-0.3, -0.25) is 0 Å². The fourth-order valence-corrected chi connectivity index (χ4v) is 2.54. The Morgan fingerprint density at radius 3 is 2.65 bits per heavy atom. The van der Waals surface area contributed by atoms with Gasteiger partial charge < -0.3 is 19.5 Å². The van der Waals surface area contributed by atoms with E-state index < -0.39 is 6.10 Å². The number of rotatable bonds is 7. The molecular formula is C16H25NO3. The number of hydrogen-bond acceptors (Lipinski definition) is 4. The van der Waals surface area contributed by atoms with Crippen molar-refractivity contribution in [2.45, 2.75) is 32.3 Å². The van der Waals surface area contributed by atoms with E-state index in [0.717, 1.165) is 24.3 Å². The molecular weight excluding hydrogens is 254 g/mol. The summed E-state index contributed by atoms with van der Waals surface area (Å²) in [4.78, 5) is 2.48. The lowest BCUT2D eigenvalue weighted by Crippen LogP contribution is -2.21. The van der Waals surface area contributed by atoms with Crippen molar-refractivity contribution in [3.05, 3.63) is 23.8 Å². The lowest BCUT2D eigenvalue weighted by molar-refractivity contribution is 0.198. The van der Waals surface area contributed by atoms with Gasteiger partial charge in [-0.15, -0.1) is 0 Å². The third-order valence-corrected chi connectivity index (χ3v) is 3.75. The second-order valence-corrected chi connectivity index (χ2v) is 5.34. The average molecular weight is 279 g/mol. The third-order valence-electron chi connectivity index (χ3n) is 3.75. The molecule has 4 nitrogen and oxygen atoms in total.